The van der Waals surface area contributed by atoms with Crippen LogP contribution in [0.5, 0.6) is 0 Å². The number of benzene rings is 2. The van der Waals surface area contributed by atoms with E-state index in [4.69, 9.17) is 4.42 Å². The Labute approximate surface area is 154 Å². The van der Waals surface area contributed by atoms with Crippen LogP contribution >= 0.6 is 0 Å². The van der Waals surface area contributed by atoms with Gasteiger partial charge in [0.2, 0.25) is 0 Å². The Morgan fingerprint density at radius 2 is 2.00 bits per heavy atom. The van der Waals surface area contributed by atoms with Gasteiger partial charge < -0.3 is 19.4 Å². The minimum atomic E-state index is -1.80. The molecule has 138 valence electrons. The lowest BCUT2D eigenvalue weighted by molar-refractivity contribution is 0.0790. The maximum atomic E-state index is 12.6. The molecule has 0 atom stereocenters. The summed E-state index contributed by atoms with van der Waals surface area (Å²) in [6, 6.07) is 11.1. The van der Waals surface area contributed by atoms with Crippen molar-refractivity contribution in [2.24, 2.45) is 0 Å². The highest BCUT2D eigenvalue weighted by Gasteiger charge is 2.19. The number of oxazole rings is 1. The summed E-state index contributed by atoms with van der Waals surface area (Å²) in [6.45, 7) is 0.481. The summed E-state index contributed by atoms with van der Waals surface area (Å²) in [6.07, 6.45) is 0.461. The van der Waals surface area contributed by atoms with Gasteiger partial charge in [0.05, 0.1) is 5.52 Å². The van der Waals surface area contributed by atoms with E-state index in [-0.39, 0.29) is 35.6 Å². The van der Waals surface area contributed by atoms with Gasteiger partial charge >= 0.3 is 12.9 Å². The van der Waals surface area contributed by atoms with Crippen molar-refractivity contribution in [2.45, 2.75) is 6.54 Å². The molecule has 2 aromatic carbocycles. The number of carbonyl (C=O) groups excluding carboxylic acids is 2. The summed E-state index contributed by atoms with van der Waals surface area (Å²) in [4.78, 5) is 37.1. The largest absolute Gasteiger partial charge is 0.489 e. The minimum Gasteiger partial charge on any atom is -0.423 e. The first-order chi connectivity index (χ1) is 12.9. The van der Waals surface area contributed by atoms with Gasteiger partial charge in [-0.25, -0.2) is 4.79 Å². The molecule has 0 aliphatic rings. The number of likely N-dealkylation sites (N-methyl/N-ethyl adjacent to an activating group) is 1. The van der Waals surface area contributed by atoms with Gasteiger partial charge in [0.15, 0.2) is 5.58 Å². The summed E-state index contributed by atoms with van der Waals surface area (Å²) in [5.74, 6) is -0.862. The van der Waals surface area contributed by atoms with E-state index in [1.165, 1.54) is 27.7 Å². The van der Waals surface area contributed by atoms with Crippen molar-refractivity contribution in [1.82, 2.24) is 9.47 Å². The monoisotopic (exact) mass is 368 g/mol. The van der Waals surface area contributed by atoms with Crippen LogP contribution in [-0.4, -0.2) is 52.4 Å². The number of amides is 1. The molecule has 1 amide bonds. The van der Waals surface area contributed by atoms with Gasteiger partial charge in [0.25, 0.3) is 5.91 Å². The zero-order valence-corrected chi connectivity index (χ0v) is 14.5. The molecule has 0 saturated heterocycles. The highest BCUT2D eigenvalue weighted by atomic mass is 16.4. The van der Waals surface area contributed by atoms with Crippen LogP contribution in [0.2, 0.25) is 0 Å². The van der Waals surface area contributed by atoms with Crippen LogP contribution in [0.1, 0.15) is 20.7 Å². The van der Waals surface area contributed by atoms with Crippen molar-refractivity contribution in [3.8, 4) is 0 Å². The first-order valence-corrected chi connectivity index (χ1v) is 8.21. The molecule has 0 bridgehead atoms. The number of fused-ring (bicyclic) bond motifs is 1. The topological polar surface area (TPSA) is 113 Å². The second-order valence-corrected chi connectivity index (χ2v) is 6.05. The summed E-state index contributed by atoms with van der Waals surface area (Å²) < 4.78 is 6.61. The van der Waals surface area contributed by atoms with Crippen molar-refractivity contribution in [1.29, 1.82) is 0 Å². The minimum absolute atomic E-state index is 0.0284. The molecule has 9 heteroatoms. The van der Waals surface area contributed by atoms with Gasteiger partial charge in [0.1, 0.15) is 6.29 Å². The van der Waals surface area contributed by atoms with Gasteiger partial charge in [-0.15, -0.1) is 0 Å². The number of hydrogen-bond acceptors (Lipinski definition) is 6. The summed E-state index contributed by atoms with van der Waals surface area (Å²) >= 11 is 0. The van der Waals surface area contributed by atoms with Crippen LogP contribution in [0.15, 0.2) is 51.7 Å². The normalized spacial score (nSPS) is 10.8. The van der Waals surface area contributed by atoms with Gasteiger partial charge in [-0.3, -0.25) is 14.2 Å². The molecular weight excluding hydrogens is 351 g/mol. The van der Waals surface area contributed by atoms with Crippen LogP contribution in [0.25, 0.3) is 11.1 Å². The number of aromatic nitrogens is 1. The molecule has 0 aliphatic heterocycles. The Morgan fingerprint density at radius 1 is 1.26 bits per heavy atom. The average Bonchev–Trinajstić information content (AvgIpc) is 2.99. The second-order valence-electron chi connectivity index (χ2n) is 6.05. The Morgan fingerprint density at radius 3 is 2.70 bits per heavy atom. The van der Waals surface area contributed by atoms with Crippen molar-refractivity contribution in [3.63, 3.8) is 0 Å². The predicted molar refractivity (Wildman–Crippen MR) is 99.1 cm³/mol. The van der Waals surface area contributed by atoms with Crippen molar-refractivity contribution < 1.29 is 24.1 Å². The lowest BCUT2D eigenvalue weighted by Gasteiger charge is -2.18. The number of aldehydes is 1. The Kier molecular flexibility index (Phi) is 5.25. The fourth-order valence-electron chi connectivity index (χ4n) is 2.84. The van der Waals surface area contributed by atoms with Gasteiger partial charge in [-0.05, 0) is 29.7 Å². The number of nitrogens with zero attached hydrogens (tertiary/aromatic N) is 2. The SMILES string of the molecule is CN(CCn1c(=O)oc2ccccc21)C(=O)c1ccc(B(O)O)c(C=O)c1. The van der Waals surface area contributed by atoms with E-state index < -0.39 is 12.9 Å². The molecule has 0 aliphatic carbocycles. The number of carbonyl (C=O) groups is 2. The first-order valence-electron chi connectivity index (χ1n) is 8.21. The molecule has 8 nitrogen and oxygen atoms in total. The highest BCUT2D eigenvalue weighted by molar-refractivity contribution is 6.60. The average molecular weight is 368 g/mol. The van der Waals surface area contributed by atoms with Crippen LogP contribution in [0, 0.1) is 0 Å². The molecule has 0 radical (unpaired) electrons. The highest BCUT2D eigenvalue weighted by Crippen LogP contribution is 2.12. The molecule has 3 aromatic rings. The lowest BCUT2D eigenvalue weighted by Crippen LogP contribution is -2.35. The maximum absolute atomic E-state index is 12.6. The molecule has 1 heterocycles. The molecule has 3 rings (SSSR count). The van der Waals surface area contributed by atoms with Crippen molar-refractivity contribution in [2.75, 3.05) is 13.6 Å². The van der Waals surface area contributed by atoms with E-state index in [2.05, 4.69) is 0 Å². The number of para-hydroxylation sites is 2. The molecule has 0 unspecified atom stereocenters. The van der Waals surface area contributed by atoms with Crippen molar-refractivity contribution >= 4 is 35.9 Å². The van der Waals surface area contributed by atoms with E-state index in [9.17, 15) is 24.4 Å². The third-order valence-electron chi connectivity index (χ3n) is 4.32. The summed E-state index contributed by atoms with van der Waals surface area (Å²) in [5, 5.41) is 18.5. The molecule has 27 heavy (non-hydrogen) atoms. The van der Waals surface area contributed by atoms with Crippen LogP contribution in [0.4, 0.5) is 0 Å². The summed E-state index contributed by atoms with van der Waals surface area (Å²) in [7, 11) is -0.223. The van der Waals surface area contributed by atoms with E-state index in [0.717, 1.165) is 0 Å². The van der Waals surface area contributed by atoms with E-state index >= 15 is 0 Å². The second kappa shape index (κ2) is 7.61. The van der Waals surface area contributed by atoms with Crippen LogP contribution < -0.4 is 11.2 Å². The molecule has 1 aromatic heterocycles. The fraction of sp³-hybridized carbons (Fsp3) is 0.167. The molecular formula is C18H17BN2O6. The number of hydrogen-bond donors (Lipinski definition) is 2. The fourth-order valence-corrected chi connectivity index (χ4v) is 2.84. The zero-order valence-electron chi connectivity index (χ0n) is 14.5. The van der Waals surface area contributed by atoms with E-state index in [1.807, 2.05) is 0 Å². The van der Waals surface area contributed by atoms with Crippen LogP contribution in [0.3, 0.4) is 0 Å². The summed E-state index contributed by atoms with van der Waals surface area (Å²) in [5.41, 5.74) is 1.41. The zero-order chi connectivity index (χ0) is 19.6. The Hall–Kier alpha value is -3.17. The Balaban J connectivity index is 1.77. The lowest BCUT2D eigenvalue weighted by atomic mass is 9.77. The molecule has 2 N–H and O–H groups in total. The van der Waals surface area contributed by atoms with E-state index in [0.29, 0.717) is 17.4 Å². The van der Waals surface area contributed by atoms with E-state index in [1.54, 1.807) is 31.3 Å². The van der Waals surface area contributed by atoms with Gasteiger partial charge in [-0.2, -0.15) is 0 Å². The molecule has 0 fully saturated rings. The van der Waals surface area contributed by atoms with Crippen molar-refractivity contribution in [3.05, 3.63) is 64.1 Å². The third kappa shape index (κ3) is 3.69. The number of rotatable bonds is 6. The predicted octanol–water partition coefficient (Wildman–Crippen LogP) is -0.141. The third-order valence-corrected chi connectivity index (χ3v) is 4.32. The smallest absolute Gasteiger partial charge is 0.423 e. The maximum Gasteiger partial charge on any atom is 0.489 e. The van der Waals surface area contributed by atoms with Gasteiger partial charge in [0, 0.05) is 31.3 Å². The Bertz CT molecular complexity index is 1060. The molecule has 0 spiro atoms. The standard InChI is InChI=1S/C18H17BN2O6/c1-20(8-9-21-15-4-2-3-5-16(15)27-18(21)24)17(23)12-6-7-14(19(25)26)13(10-12)11-22/h2-7,10-11,25-26H,8-9H2,1H3. The first kappa shape index (κ1) is 18.6. The van der Waals surface area contributed by atoms with Gasteiger partial charge in [-0.1, -0.05) is 18.2 Å². The molecule has 0 saturated carbocycles. The quantitative estimate of drug-likeness (QED) is 0.463. The van der Waals surface area contributed by atoms with Crippen LogP contribution in [-0.2, 0) is 6.54 Å².